The van der Waals surface area contributed by atoms with Crippen LogP contribution in [0.2, 0.25) is 0 Å². The standard InChI is InChI=1S/C21H17N3OS/c1-13(2)23-12-14(15-7-3-5-9-17(15)23)11-19-20(25)24-18-10-6-4-8-16(18)22-21(24)26-19/h3-13H,1-2H3/b19-11+. The quantitative estimate of drug-likeness (QED) is 0.478. The second-order valence-electron chi connectivity index (χ2n) is 6.74. The van der Waals surface area contributed by atoms with E-state index in [9.17, 15) is 4.79 Å². The van der Waals surface area contributed by atoms with E-state index < -0.39 is 0 Å². The molecule has 26 heavy (non-hydrogen) atoms. The van der Waals surface area contributed by atoms with Gasteiger partial charge in [-0.25, -0.2) is 9.38 Å². The predicted molar refractivity (Wildman–Crippen MR) is 108 cm³/mol. The zero-order valence-corrected chi connectivity index (χ0v) is 15.3. The lowest BCUT2D eigenvalue weighted by molar-refractivity contribution is 0.622. The summed E-state index contributed by atoms with van der Waals surface area (Å²) in [5.41, 5.74) is 3.99. The minimum Gasteiger partial charge on any atom is -0.344 e. The summed E-state index contributed by atoms with van der Waals surface area (Å²) in [4.78, 5) is 18.3. The van der Waals surface area contributed by atoms with E-state index in [0.29, 0.717) is 10.6 Å². The molecule has 0 saturated carbocycles. The third-order valence-corrected chi connectivity index (χ3v) is 5.73. The SMILES string of the molecule is CC(C)n1cc(/C=c2/sc3nc4ccccc4n3c2=O)c2ccccc21. The van der Waals surface area contributed by atoms with Crippen molar-refractivity contribution < 1.29 is 0 Å². The largest absolute Gasteiger partial charge is 0.344 e. The average Bonchev–Trinajstić information content (AvgIpc) is 3.27. The van der Waals surface area contributed by atoms with Gasteiger partial charge in [0.2, 0.25) is 0 Å². The van der Waals surface area contributed by atoms with Gasteiger partial charge in [-0.3, -0.25) is 4.79 Å². The Morgan fingerprint density at radius 3 is 2.58 bits per heavy atom. The molecule has 0 amide bonds. The zero-order chi connectivity index (χ0) is 17.8. The molecule has 5 rings (SSSR count). The van der Waals surface area contributed by atoms with Crippen molar-refractivity contribution in [3.8, 4) is 0 Å². The van der Waals surface area contributed by atoms with E-state index in [2.05, 4.69) is 47.8 Å². The van der Waals surface area contributed by atoms with Gasteiger partial charge in [-0.2, -0.15) is 0 Å². The summed E-state index contributed by atoms with van der Waals surface area (Å²) in [6, 6.07) is 16.4. The van der Waals surface area contributed by atoms with Crippen LogP contribution in [0.15, 0.2) is 59.5 Å². The highest BCUT2D eigenvalue weighted by Crippen LogP contribution is 2.25. The van der Waals surface area contributed by atoms with E-state index in [-0.39, 0.29) is 5.56 Å². The number of imidazole rings is 1. The number of rotatable bonds is 2. The molecule has 2 aromatic carbocycles. The molecule has 5 heteroatoms. The Labute approximate surface area is 153 Å². The molecule has 3 aromatic heterocycles. The fourth-order valence-corrected chi connectivity index (χ4v) is 4.51. The van der Waals surface area contributed by atoms with E-state index in [1.54, 1.807) is 4.40 Å². The van der Waals surface area contributed by atoms with E-state index in [1.165, 1.54) is 16.9 Å². The Bertz CT molecular complexity index is 1390. The molecule has 4 nitrogen and oxygen atoms in total. The van der Waals surface area contributed by atoms with Gasteiger partial charge in [0.05, 0.1) is 15.6 Å². The first-order valence-electron chi connectivity index (χ1n) is 8.65. The molecule has 128 valence electrons. The first kappa shape index (κ1) is 15.3. The maximum atomic E-state index is 13.0. The second-order valence-corrected chi connectivity index (χ2v) is 7.75. The molecular formula is C21H17N3OS. The maximum Gasteiger partial charge on any atom is 0.274 e. The van der Waals surface area contributed by atoms with Gasteiger partial charge in [-0.15, -0.1) is 0 Å². The van der Waals surface area contributed by atoms with Crippen molar-refractivity contribution in [3.63, 3.8) is 0 Å². The van der Waals surface area contributed by atoms with Gasteiger partial charge in [0.15, 0.2) is 4.96 Å². The van der Waals surface area contributed by atoms with Crippen LogP contribution in [0.5, 0.6) is 0 Å². The highest BCUT2D eigenvalue weighted by Gasteiger charge is 2.12. The van der Waals surface area contributed by atoms with Crippen molar-refractivity contribution in [3.05, 3.63) is 75.2 Å². The third-order valence-electron chi connectivity index (χ3n) is 4.76. The molecule has 3 heterocycles. The Kier molecular flexibility index (Phi) is 3.27. The third kappa shape index (κ3) is 2.14. The summed E-state index contributed by atoms with van der Waals surface area (Å²) in [5, 5.41) is 1.16. The van der Waals surface area contributed by atoms with E-state index in [4.69, 9.17) is 0 Å². The summed E-state index contributed by atoms with van der Waals surface area (Å²) in [7, 11) is 0. The molecular weight excluding hydrogens is 342 g/mol. The summed E-state index contributed by atoms with van der Waals surface area (Å²) >= 11 is 1.45. The molecule has 0 radical (unpaired) electrons. The van der Waals surface area contributed by atoms with Crippen molar-refractivity contribution in [2.45, 2.75) is 19.9 Å². The lowest BCUT2D eigenvalue weighted by Gasteiger charge is -2.08. The number of hydrogen-bond acceptors (Lipinski definition) is 3. The van der Waals surface area contributed by atoms with Crippen LogP contribution < -0.4 is 10.1 Å². The molecule has 0 unspecified atom stereocenters. The molecule has 0 fully saturated rings. The number of thiazole rings is 1. The molecule has 5 aromatic rings. The minimum absolute atomic E-state index is 0.0000723. The predicted octanol–water partition coefficient (Wildman–Crippen LogP) is 3.99. The van der Waals surface area contributed by atoms with Gasteiger partial charge in [0.25, 0.3) is 5.56 Å². The van der Waals surface area contributed by atoms with E-state index in [0.717, 1.165) is 26.9 Å². The number of hydrogen-bond donors (Lipinski definition) is 0. The van der Waals surface area contributed by atoms with Crippen molar-refractivity contribution in [2.75, 3.05) is 0 Å². The van der Waals surface area contributed by atoms with Crippen molar-refractivity contribution in [1.82, 2.24) is 14.0 Å². The van der Waals surface area contributed by atoms with Crippen LogP contribution in [0.1, 0.15) is 25.5 Å². The van der Waals surface area contributed by atoms with Crippen LogP contribution >= 0.6 is 11.3 Å². The summed E-state index contributed by atoms with van der Waals surface area (Å²) in [6.45, 7) is 4.33. The lowest BCUT2D eigenvalue weighted by atomic mass is 10.2. The Hall–Kier alpha value is -2.92. The number of nitrogens with zero attached hydrogens (tertiary/aromatic N) is 3. The van der Waals surface area contributed by atoms with Gasteiger partial charge < -0.3 is 4.57 Å². The fraction of sp³-hybridized carbons (Fsp3) is 0.143. The Balaban J connectivity index is 1.81. The van der Waals surface area contributed by atoms with Crippen LogP contribution in [-0.2, 0) is 0 Å². The molecule has 0 aliphatic rings. The molecule has 0 N–H and O–H groups in total. The van der Waals surface area contributed by atoms with E-state index >= 15 is 0 Å². The summed E-state index contributed by atoms with van der Waals surface area (Å²) in [6.07, 6.45) is 4.13. The van der Waals surface area contributed by atoms with Crippen molar-refractivity contribution in [2.24, 2.45) is 0 Å². The van der Waals surface area contributed by atoms with Crippen molar-refractivity contribution in [1.29, 1.82) is 0 Å². The minimum atomic E-state index is 0.0000723. The number of benzene rings is 2. The highest BCUT2D eigenvalue weighted by molar-refractivity contribution is 7.15. The molecule has 0 spiro atoms. The monoisotopic (exact) mass is 359 g/mol. The zero-order valence-electron chi connectivity index (χ0n) is 14.5. The van der Waals surface area contributed by atoms with Crippen LogP contribution in [0, 0.1) is 0 Å². The van der Waals surface area contributed by atoms with Gasteiger partial charge >= 0.3 is 0 Å². The topological polar surface area (TPSA) is 39.3 Å². The van der Waals surface area contributed by atoms with Crippen LogP contribution in [0.3, 0.4) is 0 Å². The van der Waals surface area contributed by atoms with Gasteiger partial charge in [0, 0.05) is 28.7 Å². The van der Waals surface area contributed by atoms with Crippen LogP contribution in [0.25, 0.3) is 33.0 Å². The Morgan fingerprint density at radius 2 is 1.77 bits per heavy atom. The number of para-hydroxylation sites is 3. The Morgan fingerprint density at radius 1 is 1.04 bits per heavy atom. The van der Waals surface area contributed by atoms with Crippen LogP contribution in [-0.4, -0.2) is 14.0 Å². The summed E-state index contributed by atoms with van der Waals surface area (Å²) in [5.74, 6) is 0. The average molecular weight is 359 g/mol. The smallest absolute Gasteiger partial charge is 0.274 e. The normalized spacial score (nSPS) is 13.0. The van der Waals surface area contributed by atoms with Gasteiger partial charge in [-0.1, -0.05) is 41.7 Å². The van der Waals surface area contributed by atoms with E-state index in [1.807, 2.05) is 36.4 Å². The molecule has 0 bridgehead atoms. The first-order valence-corrected chi connectivity index (χ1v) is 9.46. The number of fused-ring (bicyclic) bond motifs is 4. The van der Waals surface area contributed by atoms with Crippen LogP contribution in [0.4, 0.5) is 0 Å². The highest BCUT2D eigenvalue weighted by atomic mass is 32.1. The first-order chi connectivity index (χ1) is 12.6. The molecule has 0 atom stereocenters. The van der Waals surface area contributed by atoms with Gasteiger partial charge in [-0.05, 0) is 38.1 Å². The second kappa shape index (κ2) is 5.54. The van der Waals surface area contributed by atoms with Gasteiger partial charge in [0.1, 0.15) is 0 Å². The maximum absolute atomic E-state index is 13.0. The molecule has 0 saturated heterocycles. The lowest BCUT2D eigenvalue weighted by Crippen LogP contribution is -2.22. The van der Waals surface area contributed by atoms with Crippen molar-refractivity contribution >= 4 is 44.3 Å². The molecule has 0 aliphatic carbocycles. The summed E-state index contributed by atoms with van der Waals surface area (Å²) < 4.78 is 4.68. The molecule has 0 aliphatic heterocycles. The number of aromatic nitrogens is 3. The fourth-order valence-electron chi connectivity index (χ4n) is 3.53.